The number of aliphatic carboxylic acids is 1. The minimum Gasteiger partial charge on any atom is -0.480 e. The van der Waals surface area contributed by atoms with Crippen molar-refractivity contribution in [1.29, 1.82) is 0 Å². The van der Waals surface area contributed by atoms with E-state index in [1.807, 2.05) is 0 Å². The van der Waals surface area contributed by atoms with Crippen molar-refractivity contribution >= 4 is 45.5 Å². The maximum absolute atomic E-state index is 12.4. The fourth-order valence-corrected chi connectivity index (χ4v) is 5.04. The lowest BCUT2D eigenvalue weighted by Gasteiger charge is -2.19. The first kappa shape index (κ1) is 47.4. The molecule has 0 unspecified atom stereocenters. The molecular formula is C32H51N5O16S. The van der Waals surface area contributed by atoms with E-state index in [0.717, 1.165) is 24.3 Å². The van der Waals surface area contributed by atoms with E-state index in [2.05, 4.69) is 21.3 Å². The predicted molar refractivity (Wildman–Crippen MR) is 188 cm³/mol. The summed E-state index contributed by atoms with van der Waals surface area (Å²) in [6.45, 7) is 6.29. The van der Waals surface area contributed by atoms with Crippen molar-refractivity contribution in [2.75, 3.05) is 84.8 Å². The summed E-state index contributed by atoms with van der Waals surface area (Å²) in [6.07, 6.45) is -0.947. The Morgan fingerprint density at radius 2 is 1.30 bits per heavy atom. The molecule has 0 bridgehead atoms. The van der Waals surface area contributed by atoms with Gasteiger partial charge in [0.25, 0.3) is 5.69 Å². The monoisotopic (exact) mass is 793 g/mol. The summed E-state index contributed by atoms with van der Waals surface area (Å²) >= 11 is 0. The zero-order valence-corrected chi connectivity index (χ0v) is 31.4. The Kier molecular flexibility index (Phi) is 23.0. The van der Waals surface area contributed by atoms with Crippen LogP contribution in [0.2, 0.25) is 0 Å². The number of carboxylic acids is 1. The topological polar surface area (TPSA) is 286 Å². The fourth-order valence-electron chi connectivity index (χ4n) is 3.95. The van der Waals surface area contributed by atoms with Crippen molar-refractivity contribution in [2.24, 2.45) is 0 Å². The molecule has 4 amide bonds. The van der Waals surface area contributed by atoms with Crippen LogP contribution in [0.25, 0.3) is 0 Å². The third-order valence-electron chi connectivity index (χ3n) is 6.52. The number of ether oxygens (including phenoxy) is 6. The van der Waals surface area contributed by atoms with E-state index in [9.17, 15) is 47.6 Å². The number of nitrogens with one attached hydrogen (secondary N) is 4. The number of hydrogen-bond donors (Lipinski definition) is 5. The van der Waals surface area contributed by atoms with Crippen LogP contribution >= 0.6 is 0 Å². The molecule has 0 aliphatic carbocycles. The van der Waals surface area contributed by atoms with Crippen LogP contribution in [0.4, 0.5) is 15.3 Å². The van der Waals surface area contributed by atoms with Crippen LogP contribution in [0.5, 0.6) is 0 Å². The molecule has 1 aromatic rings. The average molecular weight is 794 g/mol. The third kappa shape index (κ3) is 23.8. The number of unbranched alkanes of at least 4 members (excludes halogenated alkanes) is 1. The Balaban J connectivity index is 2.03. The standard InChI is InChI=1S/C32H51N5O16S/c1-32(2,3)53-30(42)35-13-15-49-17-19-51-23-28(39)34-12-14-48-16-18-50-22-27(38)33-11-5-4-6-26(29(40)41)36-31(43)52-20-21-54(46,47)25-9-7-24(8-10-25)37(44)45/h7-10,26H,4-6,11-23H2,1-3H3,(H,33,38)(H,34,39)(H,35,42)(H,36,43)(H,40,41)/t26-/m0/s1. The van der Waals surface area contributed by atoms with E-state index in [4.69, 9.17) is 28.4 Å². The van der Waals surface area contributed by atoms with E-state index in [-0.39, 0.29) is 95.4 Å². The first-order chi connectivity index (χ1) is 25.5. The highest BCUT2D eigenvalue weighted by molar-refractivity contribution is 7.91. The lowest BCUT2D eigenvalue weighted by molar-refractivity contribution is -0.384. The zero-order chi connectivity index (χ0) is 40.4. The van der Waals surface area contributed by atoms with Gasteiger partial charge in [-0.25, -0.2) is 22.8 Å². The number of sulfone groups is 1. The van der Waals surface area contributed by atoms with Crippen molar-refractivity contribution in [2.45, 2.75) is 56.6 Å². The van der Waals surface area contributed by atoms with Gasteiger partial charge >= 0.3 is 18.2 Å². The van der Waals surface area contributed by atoms with Gasteiger partial charge in [-0.3, -0.25) is 19.7 Å². The normalized spacial score (nSPS) is 11.9. The second kappa shape index (κ2) is 26.2. The Morgan fingerprint density at radius 3 is 1.83 bits per heavy atom. The van der Waals surface area contributed by atoms with Crippen LogP contribution in [-0.4, -0.2) is 145 Å². The molecule has 0 aromatic heterocycles. The number of rotatable bonds is 28. The van der Waals surface area contributed by atoms with Crippen molar-refractivity contribution in [1.82, 2.24) is 21.3 Å². The molecule has 22 heteroatoms. The van der Waals surface area contributed by atoms with Crippen LogP contribution in [0, 0.1) is 10.1 Å². The number of nitro benzene ring substituents is 1. The number of carbonyl (C=O) groups is 5. The molecule has 0 heterocycles. The Labute approximate surface area is 313 Å². The second-order valence-corrected chi connectivity index (χ2v) is 14.3. The first-order valence-corrected chi connectivity index (χ1v) is 18.6. The number of benzene rings is 1. The van der Waals surface area contributed by atoms with Crippen molar-refractivity contribution < 1.29 is 70.8 Å². The van der Waals surface area contributed by atoms with Crippen molar-refractivity contribution in [3.8, 4) is 0 Å². The molecule has 0 spiro atoms. The SMILES string of the molecule is CC(C)(C)OC(=O)NCCOCCOCC(=O)NCCOCCOCC(=O)NCCCC[C@H](NC(=O)OCCS(=O)(=O)c1ccc([N+](=O)[O-])cc1)C(=O)O. The highest BCUT2D eigenvalue weighted by Gasteiger charge is 2.22. The molecule has 5 N–H and O–H groups in total. The lowest BCUT2D eigenvalue weighted by Crippen LogP contribution is -2.41. The molecule has 0 aliphatic heterocycles. The molecule has 306 valence electrons. The molecule has 0 radical (unpaired) electrons. The van der Waals surface area contributed by atoms with E-state index < -0.39 is 62.8 Å². The minimum atomic E-state index is -3.92. The van der Waals surface area contributed by atoms with Crippen molar-refractivity contribution in [3.63, 3.8) is 0 Å². The predicted octanol–water partition coefficient (Wildman–Crippen LogP) is 0.542. The van der Waals surface area contributed by atoms with Gasteiger partial charge in [-0.15, -0.1) is 0 Å². The van der Waals surface area contributed by atoms with Crippen LogP contribution in [0.15, 0.2) is 29.2 Å². The highest BCUT2D eigenvalue weighted by Crippen LogP contribution is 2.17. The van der Waals surface area contributed by atoms with Gasteiger partial charge in [-0.05, 0) is 52.2 Å². The van der Waals surface area contributed by atoms with Gasteiger partial charge in [-0.1, -0.05) is 0 Å². The number of alkyl carbamates (subject to hydrolysis) is 2. The smallest absolute Gasteiger partial charge is 0.407 e. The molecule has 54 heavy (non-hydrogen) atoms. The molecule has 0 saturated heterocycles. The Hall–Kier alpha value is -4.64. The summed E-state index contributed by atoms with van der Waals surface area (Å²) in [5.41, 5.74) is -0.867. The average Bonchev–Trinajstić information content (AvgIpc) is 3.08. The molecule has 1 atom stereocenters. The number of nitro groups is 1. The summed E-state index contributed by atoms with van der Waals surface area (Å²) in [7, 11) is -3.92. The lowest BCUT2D eigenvalue weighted by atomic mass is 10.1. The summed E-state index contributed by atoms with van der Waals surface area (Å²) in [4.78, 5) is 68.7. The maximum Gasteiger partial charge on any atom is 0.407 e. The van der Waals surface area contributed by atoms with Crippen LogP contribution in [0.3, 0.4) is 0 Å². The van der Waals surface area contributed by atoms with E-state index >= 15 is 0 Å². The molecule has 0 aliphatic rings. The fraction of sp³-hybridized carbons (Fsp3) is 0.656. The number of hydrogen-bond acceptors (Lipinski definition) is 15. The van der Waals surface area contributed by atoms with Gasteiger partial charge in [0.2, 0.25) is 11.8 Å². The van der Waals surface area contributed by atoms with Crippen molar-refractivity contribution in [3.05, 3.63) is 34.4 Å². The number of carboxylic acid groups (broad SMARTS) is 1. The third-order valence-corrected chi connectivity index (χ3v) is 8.21. The number of non-ortho nitro benzene ring substituents is 1. The Morgan fingerprint density at radius 1 is 0.759 bits per heavy atom. The van der Waals surface area contributed by atoms with Crippen LogP contribution in [-0.2, 0) is 52.6 Å². The number of carbonyl (C=O) groups excluding carboxylic acids is 4. The molecule has 1 rings (SSSR count). The van der Waals surface area contributed by atoms with E-state index in [1.54, 1.807) is 20.8 Å². The highest BCUT2D eigenvalue weighted by atomic mass is 32.2. The van der Waals surface area contributed by atoms with E-state index in [0.29, 0.717) is 12.8 Å². The number of nitrogens with zero attached hydrogens (tertiary/aromatic N) is 1. The summed E-state index contributed by atoms with van der Waals surface area (Å²) in [6, 6.07) is 2.87. The molecule has 0 fully saturated rings. The van der Waals surface area contributed by atoms with Gasteiger partial charge < -0.3 is 54.8 Å². The van der Waals surface area contributed by atoms with Gasteiger partial charge in [0.05, 0.1) is 55.2 Å². The van der Waals surface area contributed by atoms with Crippen LogP contribution in [0.1, 0.15) is 40.0 Å². The summed E-state index contributed by atoms with van der Waals surface area (Å²) < 4.78 is 55.7. The molecular weight excluding hydrogens is 742 g/mol. The molecule has 0 saturated carbocycles. The minimum absolute atomic E-state index is 0.00960. The Bertz CT molecular complexity index is 1440. The van der Waals surface area contributed by atoms with Gasteiger partial charge in [0.15, 0.2) is 9.84 Å². The number of amides is 4. The van der Waals surface area contributed by atoms with E-state index in [1.165, 1.54) is 0 Å². The quantitative estimate of drug-likeness (QED) is 0.0440. The largest absolute Gasteiger partial charge is 0.480 e. The van der Waals surface area contributed by atoms with Gasteiger partial charge in [0, 0.05) is 31.8 Å². The van der Waals surface area contributed by atoms with Gasteiger partial charge in [-0.2, -0.15) is 0 Å². The molecule has 1 aromatic carbocycles. The zero-order valence-electron chi connectivity index (χ0n) is 30.6. The van der Waals surface area contributed by atoms with Gasteiger partial charge in [0.1, 0.15) is 31.5 Å². The first-order valence-electron chi connectivity index (χ1n) is 16.9. The maximum atomic E-state index is 12.4. The van der Waals surface area contributed by atoms with Crippen LogP contribution < -0.4 is 21.3 Å². The summed E-state index contributed by atoms with van der Waals surface area (Å²) in [5, 5.41) is 30.1. The second-order valence-electron chi connectivity index (χ2n) is 12.2. The summed E-state index contributed by atoms with van der Waals surface area (Å²) in [5.74, 6) is -2.68. The molecule has 21 nitrogen and oxygen atoms in total.